The average Bonchev–Trinajstić information content (AvgIpc) is 2.47. The molecule has 1 aromatic heterocycles. The molecule has 1 heterocycles. The van der Waals surface area contributed by atoms with Gasteiger partial charge in [0.1, 0.15) is 6.61 Å². The third-order valence-electron chi connectivity index (χ3n) is 1.13. The molecule has 0 saturated carbocycles. The Labute approximate surface area is 102 Å². The van der Waals surface area contributed by atoms with Gasteiger partial charge in [-0.05, 0) is 15.9 Å². The van der Waals surface area contributed by atoms with Crippen LogP contribution in [-0.4, -0.2) is 21.5 Å². The summed E-state index contributed by atoms with van der Waals surface area (Å²) in [6, 6.07) is 0. The van der Waals surface area contributed by atoms with Gasteiger partial charge in [-0.25, -0.2) is 9.78 Å². The lowest BCUT2D eigenvalue weighted by molar-refractivity contribution is 0.0508. The summed E-state index contributed by atoms with van der Waals surface area (Å²) in [6.45, 7) is 2.40. The van der Waals surface area contributed by atoms with Crippen LogP contribution in [0.25, 0.3) is 0 Å². The average molecular weight is 376 g/mol. The molecule has 1 atom stereocenters. The maximum Gasteiger partial charge on any atom is 0.357 e. The first-order chi connectivity index (χ1) is 6.09. The van der Waals surface area contributed by atoms with Gasteiger partial charge in [0.15, 0.2) is 9.61 Å². The second kappa shape index (κ2) is 5.26. The van der Waals surface area contributed by atoms with E-state index in [4.69, 9.17) is 4.74 Å². The van der Waals surface area contributed by atoms with Crippen LogP contribution in [0.1, 0.15) is 17.4 Å². The van der Waals surface area contributed by atoms with Gasteiger partial charge >= 0.3 is 5.97 Å². The van der Waals surface area contributed by atoms with Crippen LogP contribution in [0.5, 0.6) is 0 Å². The van der Waals surface area contributed by atoms with E-state index in [1.54, 1.807) is 5.38 Å². The van der Waals surface area contributed by atoms with Gasteiger partial charge in [0, 0.05) is 9.30 Å². The number of ether oxygens (including phenoxy) is 1. The van der Waals surface area contributed by atoms with Crippen molar-refractivity contribution < 1.29 is 9.53 Å². The van der Waals surface area contributed by atoms with E-state index in [2.05, 4.69) is 43.5 Å². The normalized spacial score (nSPS) is 12.5. The molecule has 3 nitrogen and oxygen atoms in total. The Kier molecular flexibility index (Phi) is 4.60. The van der Waals surface area contributed by atoms with Gasteiger partial charge in [0.05, 0.1) is 0 Å². The quantitative estimate of drug-likeness (QED) is 0.463. The lowest BCUT2D eigenvalue weighted by Crippen LogP contribution is -2.11. The summed E-state index contributed by atoms with van der Waals surface area (Å²) in [5, 5.41) is 1.67. The van der Waals surface area contributed by atoms with E-state index >= 15 is 0 Å². The molecule has 1 aromatic rings. The Morgan fingerprint density at radius 3 is 3.08 bits per heavy atom. The molecule has 0 aliphatic rings. The number of thiazole rings is 1. The minimum atomic E-state index is -0.356. The van der Waals surface area contributed by atoms with E-state index < -0.39 is 0 Å². The van der Waals surface area contributed by atoms with Crippen LogP contribution in [0.2, 0.25) is 0 Å². The number of carbonyl (C=O) groups excluding carboxylic acids is 1. The van der Waals surface area contributed by atoms with Crippen LogP contribution in [0, 0.1) is 0 Å². The summed E-state index contributed by atoms with van der Waals surface area (Å²) in [7, 11) is 0. The van der Waals surface area contributed by atoms with Gasteiger partial charge in [-0.1, -0.05) is 29.5 Å². The van der Waals surface area contributed by atoms with Crippen LogP contribution >= 0.6 is 49.9 Å². The zero-order valence-electron chi connectivity index (χ0n) is 6.79. The Morgan fingerprint density at radius 1 is 1.92 bits per heavy atom. The maximum absolute atomic E-state index is 11.3. The van der Waals surface area contributed by atoms with Crippen LogP contribution in [-0.2, 0) is 4.74 Å². The molecule has 0 aromatic carbocycles. The van der Waals surface area contributed by atoms with Crippen molar-refractivity contribution in [2.45, 2.75) is 10.8 Å². The van der Waals surface area contributed by atoms with Crippen LogP contribution in [0.15, 0.2) is 9.30 Å². The zero-order valence-corrected chi connectivity index (χ0v) is 11.3. The molecular weight excluding hydrogens is 369 g/mol. The molecule has 0 N–H and O–H groups in total. The fraction of sp³-hybridized carbons (Fsp3) is 0.429. The summed E-state index contributed by atoms with van der Waals surface area (Å²) in [4.78, 5) is 15.2. The van der Waals surface area contributed by atoms with Gasteiger partial charge < -0.3 is 4.74 Å². The van der Waals surface area contributed by atoms with Gasteiger partial charge in [-0.2, -0.15) is 0 Å². The Balaban J connectivity index is 2.49. The largest absolute Gasteiger partial charge is 0.460 e. The number of esters is 1. The fourth-order valence-corrected chi connectivity index (χ4v) is 1.77. The van der Waals surface area contributed by atoms with Gasteiger partial charge in [0.2, 0.25) is 0 Å². The van der Waals surface area contributed by atoms with Crippen molar-refractivity contribution in [3.8, 4) is 0 Å². The molecule has 6 heteroatoms. The van der Waals surface area contributed by atoms with Crippen LogP contribution in [0.3, 0.4) is 0 Å². The summed E-state index contributed by atoms with van der Waals surface area (Å²) < 4.78 is 6.00. The predicted molar refractivity (Wildman–Crippen MR) is 63.6 cm³/mol. The molecule has 0 bridgehead atoms. The summed E-state index contributed by atoms with van der Waals surface area (Å²) in [5.74, 6) is -0.356. The minimum Gasteiger partial charge on any atom is -0.460 e. The Morgan fingerprint density at radius 2 is 2.62 bits per heavy atom. The van der Waals surface area contributed by atoms with Crippen molar-refractivity contribution in [3.63, 3.8) is 0 Å². The van der Waals surface area contributed by atoms with E-state index in [-0.39, 0.29) is 5.97 Å². The van der Waals surface area contributed by atoms with E-state index in [0.717, 1.165) is 0 Å². The van der Waals surface area contributed by atoms with Crippen molar-refractivity contribution in [2.75, 3.05) is 6.61 Å². The highest BCUT2D eigenvalue weighted by Gasteiger charge is 2.11. The third-order valence-corrected chi connectivity index (χ3v) is 2.85. The van der Waals surface area contributed by atoms with Gasteiger partial charge in [-0.3, -0.25) is 0 Å². The SMILES string of the molecule is CC(I)COC(=O)c1csc(Br)n1. The molecule has 0 saturated heterocycles. The molecule has 0 radical (unpaired) electrons. The summed E-state index contributed by atoms with van der Waals surface area (Å²) >= 11 is 6.74. The monoisotopic (exact) mass is 375 g/mol. The van der Waals surface area contributed by atoms with Crippen molar-refractivity contribution in [2.24, 2.45) is 0 Å². The number of hydrogen-bond acceptors (Lipinski definition) is 4. The number of alkyl halides is 1. The molecule has 1 rings (SSSR count). The molecule has 0 aliphatic heterocycles. The highest BCUT2D eigenvalue weighted by atomic mass is 127. The molecule has 0 aliphatic carbocycles. The van der Waals surface area contributed by atoms with Crippen molar-refractivity contribution >= 4 is 55.8 Å². The first-order valence-electron chi connectivity index (χ1n) is 3.52. The van der Waals surface area contributed by atoms with Gasteiger partial charge in [-0.15, -0.1) is 11.3 Å². The Bertz CT molecular complexity index is 302. The number of nitrogens with zero attached hydrogens (tertiary/aromatic N) is 1. The molecule has 72 valence electrons. The van der Waals surface area contributed by atoms with Crippen molar-refractivity contribution in [1.82, 2.24) is 4.98 Å². The molecule has 0 spiro atoms. The van der Waals surface area contributed by atoms with E-state index in [1.165, 1.54) is 11.3 Å². The topological polar surface area (TPSA) is 39.2 Å². The molecule has 0 amide bonds. The first-order valence-corrected chi connectivity index (χ1v) is 6.43. The van der Waals surface area contributed by atoms with E-state index in [1.807, 2.05) is 6.92 Å². The van der Waals surface area contributed by atoms with Crippen LogP contribution in [0.4, 0.5) is 0 Å². The Hall–Kier alpha value is 0.310. The second-order valence-corrected chi connectivity index (χ2v) is 6.63. The lowest BCUT2D eigenvalue weighted by Gasteiger charge is -2.03. The zero-order chi connectivity index (χ0) is 9.84. The standard InChI is InChI=1S/C7H7BrINO2S/c1-4(9)2-12-6(11)5-3-13-7(8)10-5/h3-4H,2H2,1H3. The van der Waals surface area contributed by atoms with Crippen molar-refractivity contribution in [1.29, 1.82) is 0 Å². The van der Waals surface area contributed by atoms with E-state index in [9.17, 15) is 4.79 Å². The predicted octanol–water partition coefficient (Wildman–Crippen LogP) is 2.89. The molecule has 0 fully saturated rings. The van der Waals surface area contributed by atoms with E-state index in [0.29, 0.717) is 20.1 Å². The molecule has 13 heavy (non-hydrogen) atoms. The second-order valence-electron chi connectivity index (χ2n) is 2.36. The fourth-order valence-electron chi connectivity index (χ4n) is 0.610. The molecule has 1 unspecified atom stereocenters. The first kappa shape index (κ1) is 11.4. The summed E-state index contributed by atoms with van der Waals surface area (Å²) in [5.41, 5.74) is 0.369. The molecular formula is C7H7BrINO2S. The maximum atomic E-state index is 11.3. The lowest BCUT2D eigenvalue weighted by atomic mass is 10.5. The highest BCUT2D eigenvalue weighted by molar-refractivity contribution is 14.1. The summed E-state index contributed by atoms with van der Waals surface area (Å²) in [6.07, 6.45) is 0. The number of rotatable bonds is 3. The van der Waals surface area contributed by atoms with Gasteiger partial charge in [0.25, 0.3) is 0 Å². The number of hydrogen-bond donors (Lipinski definition) is 0. The third kappa shape index (κ3) is 3.90. The van der Waals surface area contributed by atoms with Crippen LogP contribution < -0.4 is 0 Å². The smallest absolute Gasteiger partial charge is 0.357 e. The number of carbonyl (C=O) groups is 1. The minimum absolute atomic E-state index is 0.323. The van der Waals surface area contributed by atoms with Crippen molar-refractivity contribution in [3.05, 3.63) is 15.0 Å². The number of halogens is 2. The highest BCUT2D eigenvalue weighted by Crippen LogP contribution is 2.16. The number of aromatic nitrogens is 1.